The number of ether oxygens (including phenoxy) is 1. The third-order valence-electron chi connectivity index (χ3n) is 6.10. The second-order valence-electron chi connectivity index (χ2n) is 7.38. The van der Waals surface area contributed by atoms with Crippen molar-refractivity contribution in [1.82, 2.24) is 5.32 Å². The standard InChI is InChI=1S/C19H37NO/c1-4-7-11-16(5-2)15-21-18-14-17(20-6-3)19(18)12-9-8-10-13-19/h16-18,20H,4-15H2,1-3H3. The van der Waals surface area contributed by atoms with Crippen LogP contribution in [0, 0.1) is 11.3 Å². The fourth-order valence-electron chi connectivity index (χ4n) is 4.55. The van der Waals surface area contributed by atoms with Crippen LogP contribution in [0.5, 0.6) is 0 Å². The minimum absolute atomic E-state index is 0.483. The summed E-state index contributed by atoms with van der Waals surface area (Å²) in [5.41, 5.74) is 0.483. The van der Waals surface area contributed by atoms with Crippen molar-refractivity contribution in [3.8, 4) is 0 Å². The summed E-state index contributed by atoms with van der Waals surface area (Å²) in [6, 6.07) is 0.725. The summed E-state index contributed by atoms with van der Waals surface area (Å²) in [6.45, 7) is 8.96. The zero-order chi connectivity index (χ0) is 15.1. The lowest BCUT2D eigenvalue weighted by Gasteiger charge is -2.58. The van der Waals surface area contributed by atoms with Gasteiger partial charge < -0.3 is 10.1 Å². The Balaban J connectivity index is 1.84. The van der Waals surface area contributed by atoms with Gasteiger partial charge in [0.2, 0.25) is 0 Å². The van der Waals surface area contributed by atoms with Gasteiger partial charge in [-0.3, -0.25) is 0 Å². The van der Waals surface area contributed by atoms with E-state index in [9.17, 15) is 0 Å². The zero-order valence-corrected chi connectivity index (χ0v) is 14.6. The fourth-order valence-corrected chi connectivity index (χ4v) is 4.55. The minimum atomic E-state index is 0.483. The van der Waals surface area contributed by atoms with Gasteiger partial charge in [0, 0.05) is 18.1 Å². The molecule has 2 rings (SSSR count). The van der Waals surface area contributed by atoms with Crippen molar-refractivity contribution in [2.24, 2.45) is 11.3 Å². The predicted octanol–water partition coefficient (Wildman–Crippen LogP) is 4.92. The molecule has 3 atom stereocenters. The van der Waals surface area contributed by atoms with E-state index in [-0.39, 0.29) is 0 Å². The summed E-state index contributed by atoms with van der Waals surface area (Å²) < 4.78 is 6.46. The Morgan fingerprint density at radius 3 is 2.52 bits per heavy atom. The van der Waals surface area contributed by atoms with E-state index in [2.05, 4.69) is 26.1 Å². The molecule has 2 nitrogen and oxygen atoms in total. The van der Waals surface area contributed by atoms with Gasteiger partial charge in [-0.15, -0.1) is 0 Å². The van der Waals surface area contributed by atoms with Crippen LogP contribution in [0.25, 0.3) is 0 Å². The fraction of sp³-hybridized carbons (Fsp3) is 1.00. The molecule has 0 aliphatic heterocycles. The lowest BCUT2D eigenvalue weighted by molar-refractivity contribution is -0.159. The summed E-state index contributed by atoms with van der Waals surface area (Å²) in [5, 5.41) is 3.73. The number of hydrogen-bond acceptors (Lipinski definition) is 2. The van der Waals surface area contributed by atoms with Crippen molar-refractivity contribution in [1.29, 1.82) is 0 Å². The summed E-state index contributed by atoms with van der Waals surface area (Å²) in [5.74, 6) is 0.781. The Labute approximate surface area is 132 Å². The Hall–Kier alpha value is -0.0800. The van der Waals surface area contributed by atoms with Gasteiger partial charge in [-0.05, 0) is 38.1 Å². The van der Waals surface area contributed by atoms with E-state index in [1.165, 1.54) is 64.2 Å². The van der Waals surface area contributed by atoms with Gasteiger partial charge in [0.05, 0.1) is 6.10 Å². The van der Waals surface area contributed by atoms with Crippen LogP contribution in [0.4, 0.5) is 0 Å². The molecule has 0 amide bonds. The molecule has 124 valence electrons. The topological polar surface area (TPSA) is 21.3 Å². The first-order chi connectivity index (χ1) is 10.3. The smallest absolute Gasteiger partial charge is 0.0661 e. The second-order valence-corrected chi connectivity index (χ2v) is 7.38. The summed E-state index contributed by atoms with van der Waals surface area (Å²) >= 11 is 0. The largest absolute Gasteiger partial charge is 0.377 e. The maximum Gasteiger partial charge on any atom is 0.0661 e. The van der Waals surface area contributed by atoms with Crippen LogP contribution >= 0.6 is 0 Å². The van der Waals surface area contributed by atoms with E-state index in [0.29, 0.717) is 11.5 Å². The lowest BCUT2D eigenvalue weighted by Crippen LogP contribution is -2.64. The van der Waals surface area contributed by atoms with Crippen molar-refractivity contribution in [2.45, 2.75) is 97.1 Å². The molecule has 0 aromatic carbocycles. The van der Waals surface area contributed by atoms with Crippen molar-refractivity contribution in [2.75, 3.05) is 13.2 Å². The Morgan fingerprint density at radius 2 is 1.90 bits per heavy atom. The molecule has 1 spiro atoms. The molecule has 21 heavy (non-hydrogen) atoms. The summed E-state index contributed by atoms with van der Waals surface area (Å²) in [7, 11) is 0. The number of nitrogens with one attached hydrogen (secondary N) is 1. The van der Waals surface area contributed by atoms with Crippen molar-refractivity contribution in [3.05, 3.63) is 0 Å². The van der Waals surface area contributed by atoms with Gasteiger partial charge in [-0.2, -0.15) is 0 Å². The van der Waals surface area contributed by atoms with Gasteiger partial charge >= 0.3 is 0 Å². The monoisotopic (exact) mass is 295 g/mol. The molecule has 2 aliphatic rings. The number of hydrogen-bond donors (Lipinski definition) is 1. The molecule has 2 heteroatoms. The quantitative estimate of drug-likeness (QED) is 0.652. The highest BCUT2D eigenvalue weighted by molar-refractivity contribution is 5.08. The first kappa shape index (κ1) is 17.3. The van der Waals surface area contributed by atoms with Crippen molar-refractivity contribution in [3.63, 3.8) is 0 Å². The predicted molar refractivity (Wildman–Crippen MR) is 90.6 cm³/mol. The van der Waals surface area contributed by atoms with E-state index in [1.807, 2.05) is 0 Å². The lowest BCUT2D eigenvalue weighted by atomic mass is 9.55. The first-order valence-corrected chi connectivity index (χ1v) is 9.61. The van der Waals surface area contributed by atoms with E-state index < -0.39 is 0 Å². The first-order valence-electron chi connectivity index (χ1n) is 9.61. The average Bonchev–Trinajstić information content (AvgIpc) is 2.53. The maximum absolute atomic E-state index is 6.46. The average molecular weight is 296 g/mol. The Morgan fingerprint density at radius 1 is 1.14 bits per heavy atom. The van der Waals surface area contributed by atoms with E-state index in [0.717, 1.165) is 25.1 Å². The highest BCUT2D eigenvalue weighted by atomic mass is 16.5. The molecule has 1 N–H and O–H groups in total. The molecule has 0 bridgehead atoms. The van der Waals surface area contributed by atoms with Gasteiger partial charge in [-0.25, -0.2) is 0 Å². The molecule has 0 aromatic heterocycles. The van der Waals surface area contributed by atoms with E-state index in [4.69, 9.17) is 4.74 Å². The number of unbranched alkanes of at least 4 members (excludes halogenated alkanes) is 1. The van der Waals surface area contributed by atoms with E-state index >= 15 is 0 Å². The molecule has 3 unspecified atom stereocenters. The Bertz CT molecular complexity index is 285. The van der Waals surface area contributed by atoms with Crippen molar-refractivity contribution < 1.29 is 4.74 Å². The van der Waals surface area contributed by atoms with Crippen LogP contribution in [-0.2, 0) is 4.74 Å². The molecule has 0 radical (unpaired) electrons. The van der Waals surface area contributed by atoms with Crippen LogP contribution in [0.3, 0.4) is 0 Å². The summed E-state index contributed by atoms with van der Waals surface area (Å²) in [4.78, 5) is 0. The van der Waals surface area contributed by atoms with Crippen molar-refractivity contribution >= 4 is 0 Å². The molecule has 0 aromatic rings. The third kappa shape index (κ3) is 4.01. The minimum Gasteiger partial charge on any atom is -0.377 e. The molecule has 2 saturated carbocycles. The maximum atomic E-state index is 6.46. The van der Waals surface area contributed by atoms with Gasteiger partial charge in [0.1, 0.15) is 0 Å². The van der Waals surface area contributed by atoms with Crippen LogP contribution in [0.15, 0.2) is 0 Å². The second kappa shape index (κ2) is 8.53. The molecular formula is C19H37NO. The molecule has 0 saturated heterocycles. The highest BCUT2D eigenvalue weighted by Crippen LogP contribution is 2.53. The third-order valence-corrected chi connectivity index (χ3v) is 6.10. The molecular weight excluding hydrogens is 258 g/mol. The van der Waals surface area contributed by atoms with Crippen LogP contribution in [0.1, 0.15) is 85.0 Å². The van der Waals surface area contributed by atoms with E-state index in [1.54, 1.807) is 0 Å². The Kier molecular flexibility index (Phi) is 7.01. The number of rotatable bonds is 9. The molecule has 0 heterocycles. The molecule has 2 fully saturated rings. The normalized spacial score (nSPS) is 29.3. The van der Waals surface area contributed by atoms with Gasteiger partial charge in [0.25, 0.3) is 0 Å². The van der Waals surface area contributed by atoms with Crippen LogP contribution < -0.4 is 5.32 Å². The van der Waals surface area contributed by atoms with Gasteiger partial charge in [0.15, 0.2) is 0 Å². The van der Waals surface area contributed by atoms with Crippen LogP contribution in [0.2, 0.25) is 0 Å². The summed E-state index contributed by atoms with van der Waals surface area (Å²) in [6.07, 6.45) is 14.1. The molecule has 2 aliphatic carbocycles. The highest BCUT2D eigenvalue weighted by Gasteiger charge is 2.55. The van der Waals surface area contributed by atoms with Gasteiger partial charge in [-0.1, -0.05) is 59.3 Å². The SMILES string of the molecule is CCCCC(CC)COC1CC(NCC)C12CCCCC2. The van der Waals surface area contributed by atoms with Crippen LogP contribution in [-0.4, -0.2) is 25.3 Å². The zero-order valence-electron chi connectivity index (χ0n) is 14.6.